The molecule has 0 amide bonds. The molecule has 118 valence electrons. The molecule has 1 unspecified atom stereocenters. The molecule has 1 aromatic rings. The van der Waals surface area contributed by atoms with Crippen LogP contribution in [0.4, 0.5) is 0 Å². The number of nitrogens with zero attached hydrogens (tertiary/aromatic N) is 1. The molecule has 1 saturated carbocycles. The monoisotopic (exact) mass is 292 g/mol. The van der Waals surface area contributed by atoms with Gasteiger partial charge in [-0.25, -0.2) is 0 Å². The molecule has 1 aliphatic rings. The summed E-state index contributed by atoms with van der Waals surface area (Å²) in [5, 5.41) is 10.1. The Balaban J connectivity index is 1.69. The van der Waals surface area contributed by atoms with E-state index in [0.29, 0.717) is 19.7 Å². The lowest BCUT2D eigenvalue weighted by atomic mass is 10.1. The molecule has 1 atom stereocenters. The average Bonchev–Trinajstić information content (AvgIpc) is 2.98. The summed E-state index contributed by atoms with van der Waals surface area (Å²) in [7, 11) is 2.08. The third kappa shape index (κ3) is 5.65. The number of likely N-dealkylation sites (N-methyl/N-ethyl adjacent to an activating group) is 1. The highest BCUT2D eigenvalue weighted by Crippen LogP contribution is 2.25. The third-order valence-corrected chi connectivity index (χ3v) is 4.14. The van der Waals surface area contributed by atoms with Gasteiger partial charge in [0.25, 0.3) is 0 Å². The van der Waals surface area contributed by atoms with Gasteiger partial charge in [-0.1, -0.05) is 25.0 Å². The van der Waals surface area contributed by atoms with E-state index in [9.17, 15) is 5.11 Å². The fourth-order valence-corrected chi connectivity index (χ4v) is 3.08. The molecule has 0 aromatic heterocycles. The predicted molar refractivity (Wildman–Crippen MR) is 85.3 cm³/mol. The van der Waals surface area contributed by atoms with E-state index in [1.807, 2.05) is 24.3 Å². The first-order chi connectivity index (χ1) is 10.2. The third-order valence-electron chi connectivity index (χ3n) is 4.14. The first-order valence-corrected chi connectivity index (χ1v) is 7.96. The van der Waals surface area contributed by atoms with Gasteiger partial charge in [-0.05, 0) is 43.5 Å². The number of aliphatic hydroxyl groups excluding tert-OH is 1. The Kier molecular flexibility index (Phi) is 6.49. The Morgan fingerprint density at radius 1 is 1.38 bits per heavy atom. The van der Waals surface area contributed by atoms with E-state index < -0.39 is 6.10 Å². The summed E-state index contributed by atoms with van der Waals surface area (Å²) in [6.07, 6.45) is 4.94. The van der Waals surface area contributed by atoms with Crippen LogP contribution in [0.5, 0.6) is 5.75 Å². The first kappa shape index (κ1) is 16.3. The van der Waals surface area contributed by atoms with Gasteiger partial charge in [0.1, 0.15) is 18.5 Å². The van der Waals surface area contributed by atoms with Crippen LogP contribution >= 0.6 is 0 Å². The van der Waals surface area contributed by atoms with E-state index in [1.54, 1.807) is 0 Å². The number of rotatable bonds is 8. The second-order valence-corrected chi connectivity index (χ2v) is 6.19. The van der Waals surface area contributed by atoms with Crippen molar-refractivity contribution in [2.75, 3.05) is 26.7 Å². The number of hydrogen-bond donors (Lipinski definition) is 2. The van der Waals surface area contributed by atoms with E-state index >= 15 is 0 Å². The number of aliphatic hydroxyl groups is 1. The molecule has 1 fully saturated rings. The van der Waals surface area contributed by atoms with Crippen molar-refractivity contribution >= 4 is 0 Å². The maximum Gasteiger partial charge on any atom is 0.119 e. The van der Waals surface area contributed by atoms with Crippen LogP contribution < -0.4 is 10.5 Å². The summed E-state index contributed by atoms with van der Waals surface area (Å²) in [6.45, 7) is 2.57. The van der Waals surface area contributed by atoms with Crippen molar-refractivity contribution in [3.8, 4) is 5.75 Å². The minimum atomic E-state index is -0.460. The number of ether oxygens (including phenoxy) is 1. The summed E-state index contributed by atoms with van der Waals surface area (Å²) >= 11 is 0. The van der Waals surface area contributed by atoms with Crippen LogP contribution in [0.1, 0.15) is 31.2 Å². The maximum atomic E-state index is 10.1. The van der Waals surface area contributed by atoms with Crippen molar-refractivity contribution in [1.29, 1.82) is 0 Å². The Bertz CT molecular complexity index is 419. The summed E-state index contributed by atoms with van der Waals surface area (Å²) in [4.78, 5) is 2.22. The Labute approximate surface area is 127 Å². The van der Waals surface area contributed by atoms with Gasteiger partial charge in [0.05, 0.1) is 0 Å². The van der Waals surface area contributed by atoms with Gasteiger partial charge in [-0.3, -0.25) is 0 Å². The van der Waals surface area contributed by atoms with Crippen LogP contribution in [-0.4, -0.2) is 42.9 Å². The Hall–Kier alpha value is -1.10. The van der Waals surface area contributed by atoms with Gasteiger partial charge in [-0.15, -0.1) is 0 Å². The second-order valence-electron chi connectivity index (χ2n) is 6.19. The van der Waals surface area contributed by atoms with Crippen molar-refractivity contribution in [3.63, 3.8) is 0 Å². The van der Waals surface area contributed by atoms with Crippen LogP contribution in [0, 0.1) is 5.92 Å². The molecular formula is C17H28N2O2. The van der Waals surface area contributed by atoms with Crippen molar-refractivity contribution in [1.82, 2.24) is 4.90 Å². The SMILES string of the molecule is CN(CC(O)COc1cccc(CN)c1)CC1CCCC1. The zero-order valence-corrected chi connectivity index (χ0v) is 13.0. The molecule has 0 heterocycles. The van der Waals surface area contributed by atoms with Crippen LogP contribution in [0.3, 0.4) is 0 Å². The highest BCUT2D eigenvalue weighted by atomic mass is 16.5. The molecule has 0 radical (unpaired) electrons. The summed E-state index contributed by atoms with van der Waals surface area (Å²) in [5.41, 5.74) is 6.65. The van der Waals surface area contributed by atoms with E-state index in [1.165, 1.54) is 25.7 Å². The minimum Gasteiger partial charge on any atom is -0.491 e. The van der Waals surface area contributed by atoms with Crippen LogP contribution in [0.2, 0.25) is 0 Å². The van der Waals surface area contributed by atoms with E-state index in [-0.39, 0.29) is 0 Å². The van der Waals surface area contributed by atoms with Gasteiger partial charge in [-0.2, -0.15) is 0 Å². The largest absolute Gasteiger partial charge is 0.491 e. The predicted octanol–water partition coefficient (Wildman–Crippen LogP) is 2.01. The molecule has 0 saturated heterocycles. The standard InChI is InChI=1S/C17H28N2O2/c1-19(11-14-5-2-3-6-14)12-16(20)13-21-17-8-4-7-15(9-17)10-18/h4,7-9,14,16,20H,2-3,5-6,10-13,18H2,1H3. The second kappa shape index (κ2) is 8.37. The number of hydrogen-bond acceptors (Lipinski definition) is 4. The highest BCUT2D eigenvalue weighted by Gasteiger charge is 2.18. The number of benzene rings is 1. The average molecular weight is 292 g/mol. The first-order valence-electron chi connectivity index (χ1n) is 7.96. The quantitative estimate of drug-likeness (QED) is 0.769. The molecule has 4 heteroatoms. The molecule has 1 aliphatic carbocycles. The molecule has 4 nitrogen and oxygen atoms in total. The molecular weight excluding hydrogens is 264 g/mol. The molecule has 3 N–H and O–H groups in total. The molecule has 2 rings (SSSR count). The fourth-order valence-electron chi connectivity index (χ4n) is 3.08. The zero-order chi connectivity index (χ0) is 15.1. The molecule has 0 bridgehead atoms. The zero-order valence-electron chi connectivity index (χ0n) is 13.0. The van der Waals surface area contributed by atoms with Crippen molar-refractivity contribution < 1.29 is 9.84 Å². The Morgan fingerprint density at radius 2 is 2.14 bits per heavy atom. The fraction of sp³-hybridized carbons (Fsp3) is 0.647. The lowest BCUT2D eigenvalue weighted by Gasteiger charge is -2.23. The normalized spacial score (nSPS) is 17.3. The van der Waals surface area contributed by atoms with Crippen LogP contribution in [0.25, 0.3) is 0 Å². The summed E-state index contributed by atoms with van der Waals surface area (Å²) < 4.78 is 5.65. The van der Waals surface area contributed by atoms with Crippen molar-refractivity contribution in [2.45, 2.75) is 38.3 Å². The minimum absolute atomic E-state index is 0.322. The summed E-state index contributed by atoms with van der Waals surface area (Å²) in [6, 6.07) is 7.72. The van der Waals surface area contributed by atoms with Crippen molar-refractivity contribution in [3.05, 3.63) is 29.8 Å². The Morgan fingerprint density at radius 3 is 2.86 bits per heavy atom. The van der Waals surface area contributed by atoms with Crippen LogP contribution in [0.15, 0.2) is 24.3 Å². The van der Waals surface area contributed by atoms with Crippen LogP contribution in [-0.2, 0) is 6.54 Å². The number of nitrogens with two attached hydrogens (primary N) is 1. The molecule has 0 aliphatic heterocycles. The molecule has 1 aromatic carbocycles. The van der Waals surface area contributed by atoms with Gasteiger partial charge < -0.3 is 20.5 Å². The molecule has 0 spiro atoms. The smallest absolute Gasteiger partial charge is 0.119 e. The van der Waals surface area contributed by atoms with E-state index in [4.69, 9.17) is 10.5 Å². The maximum absolute atomic E-state index is 10.1. The van der Waals surface area contributed by atoms with Gasteiger partial charge in [0.15, 0.2) is 0 Å². The lowest BCUT2D eigenvalue weighted by molar-refractivity contribution is 0.0720. The van der Waals surface area contributed by atoms with Gasteiger partial charge in [0, 0.05) is 19.6 Å². The van der Waals surface area contributed by atoms with E-state index in [0.717, 1.165) is 23.8 Å². The lowest BCUT2D eigenvalue weighted by Crippen LogP contribution is -2.35. The van der Waals surface area contributed by atoms with E-state index in [2.05, 4.69) is 11.9 Å². The molecule has 21 heavy (non-hydrogen) atoms. The topological polar surface area (TPSA) is 58.7 Å². The van der Waals surface area contributed by atoms with Crippen molar-refractivity contribution in [2.24, 2.45) is 11.7 Å². The summed E-state index contributed by atoms with van der Waals surface area (Å²) in [5.74, 6) is 1.58. The van der Waals surface area contributed by atoms with Gasteiger partial charge >= 0.3 is 0 Å². The van der Waals surface area contributed by atoms with Gasteiger partial charge in [0.2, 0.25) is 0 Å². The highest BCUT2D eigenvalue weighted by molar-refractivity contribution is 5.28.